The zero-order valence-corrected chi connectivity index (χ0v) is 13.1. The van der Waals surface area contributed by atoms with Gasteiger partial charge in [-0.05, 0) is 33.6 Å². The summed E-state index contributed by atoms with van der Waals surface area (Å²) in [4.78, 5) is 11.1. The van der Waals surface area contributed by atoms with Gasteiger partial charge in [-0.3, -0.25) is 0 Å². The molecule has 21 heavy (non-hydrogen) atoms. The van der Waals surface area contributed by atoms with E-state index >= 15 is 0 Å². The lowest BCUT2D eigenvalue weighted by Gasteiger charge is -2.12. The molecule has 0 heterocycles. The van der Waals surface area contributed by atoms with Crippen molar-refractivity contribution in [3.05, 3.63) is 22.2 Å². The van der Waals surface area contributed by atoms with Crippen LogP contribution in [0.4, 0.5) is 0 Å². The predicted molar refractivity (Wildman–Crippen MR) is 81.6 cm³/mol. The van der Waals surface area contributed by atoms with Crippen LogP contribution in [0.25, 0.3) is 0 Å². The Kier molecular flexibility index (Phi) is 6.47. The number of benzene rings is 1. The molecule has 0 amide bonds. The molecule has 0 radical (unpaired) electrons. The molecule has 8 nitrogen and oxygen atoms in total. The Morgan fingerprint density at radius 3 is 2.67 bits per heavy atom. The van der Waals surface area contributed by atoms with E-state index < -0.39 is 5.97 Å². The van der Waals surface area contributed by atoms with Crippen molar-refractivity contribution in [1.29, 1.82) is 0 Å². The van der Waals surface area contributed by atoms with Gasteiger partial charge in [-0.15, -0.1) is 5.10 Å². The van der Waals surface area contributed by atoms with E-state index in [9.17, 15) is 4.79 Å². The number of guanidine groups is 1. The van der Waals surface area contributed by atoms with E-state index in [1.165, 1.54) is 20.4 Å². The van der Waals surface area contributed by atoms with Gasteiger partial charge in [0.15, 0.2) is 18.1 Å². The molecule has 4 N–H and O–H groups in total. The van der Waals surface area contributed by atoms with E-state index in [1.54, 1.807) is 12.1 Å². The van der Waals surface area contributed by atoms with Gasteiger partial charge in [-0.25, -0.2) is 4.79 Å². The molecular formula is C12H15BrN4O4. The molecule has 0 bridgehead atoms. The number of hydrogen-bond acceptors (Lipinski definition) is 6. The molecule has 0 aliphatic carbocycles. The first-order valence-electron chi connectivity index (χ1n) is 5.67. The summed E-state index contributed by atoms with van der Waals surface area (Å²) in [5, 5.41) is 7.19. The molecule has 0 saturated heterocycles. The number of esters is 1. The van der Waals surface area contributed by atoms with Gasteiger partial charge in [-0.1, -0.05) is 0 Å². The maximum absolute atomic E-state index is 11.1. The molecule has 1 rings (SSSR count). The summed E-state index contributed by atoms with van der Waals surface area (Å²) in [6.45, 7) is -0.229. The first kappa shape index (κ1) is 16.8. The zero-order valence-electron chi connectivity index (χ0n) is 11.5. The monoisotopic (exact) mass is 358 g/mol. The number of carbonyl (C=O) groups is 1. The Balaban J connectivity index is 2.99. The normalized spacial score (nSPS) is 10.2. The van der Waals surface area contributed by atoms with Crippen molar-refractivity contribution >= 4 is 34.1 Å². The molecule has 114 valence electrons. The number of nitrogens with zero attached hydrogens (tertiary/aromatic N) is 2. The SMILES string of the molecule is COC(=O)COc1c(Br)cc(C=NN=C(N)N)cc1OC. The fourth-order valence-electron chi connectivity index (χ4n) is 1.31. The van der Waals surface area contributed by atoms with Crippen LogP contribution in [-0.2, 0) is 9.53 Å². The smallest absolute Gasteiger partial charge is 0.343 e. The fourth-order valence-corrected chi connectivity index (χ4v) is 1.88. The maximum atomic E-state index is 11.1. The Labute approximate surface area is 129 Å². The molecule has 1 aromatic carbocycles. The minimum atomic E-state index is -0.498. The van der Waals surface area contributed by atoms with Crippen LogP contribution in [0.15, 0.2) is 26.8 Å². The summed E-state index contributed by atoms with van der Waals surface area (Å²) < 4.78 is 15.6. The van der Waals surface area contributed by atoms with Crippen molar-refractivity contribution < 1.29 is 19.0 Å². The quantitative estimate of drug-likeness (QED) is 0.332. The number of rotatable bonds is 6. The average molecular weight is 359 g/mol. The Morgan fingerprint density at radius 2 is 2.10 bits per heavy atom. The van der Waals surface area contributed by atoms with Crippen LogP contribution in [-0.4, -0.2) is 39.0 Å². The lowest BCUT2D eigenvalue weighted by molar-refractivity contribution is -0.142. The van der Waals surface area contributed by atoms with Crippen LogP contribution >= 0.6 is 15.9 Å². The van der Waals surface area contributed by atoms with E-state index in [2.05, 4.69) is 30.9 Å². The van der Waals surface area contributed by atoms with Gasteiger partial charge in [0.2, 0.25) is 5.96 Å². The minimum absolute atomic E-state index is 0.143. The minimum Gasteiger partial charge on any atom is -0.493 e. The Bertz CT molecular complexity index is 571. The number of carbonyl (C=O) groups excluding carboxylic acids is 1. The highest BCUT2D eigenvalue weighted by Crippen LogP contribution is 2.36. The first-order chi connectivity index (χ1) is 9.97. The fraction of sp³-hybridized carbons (Fsp3) is 0.250. The van der Waals surface area contributed by atoms with Crippen LogP contribution in [0, 0.1) is 0 Å². The second-order valence-electron chi connectivity index (χ2n) is 3.67. The van der Waals surface area contributed by atoms with Crippen molar-refractivity contribution in [3.8, 4) is 11.5 Å². The standard InChI is InChI=1S/C12H15BrN4O4/c1-19-9-4-7(5-16-17-12(14)15)3-8(13)11(9)21-6-10(18)20-2/h3-5H,6H2,1-2H3,(H4,14,15,17). The van der Waals surface area contributed by atoms with E-state index in [0.717, 1.165) is 0 Å². The van der Waals surface area contributed by atoms with Crippen LogP contribution in [0.5, 0.6) is 11.5 Å². The van der Waals surface area contributed by atoms with Crippen molar-refractivity contribution in [2.45, 2.75) is 0 Å². The van der Waals surface area contributed by atoms with E-state index in [-0.39, 0.29) is 12.6 Å². The molecule has 0 spiro atoms. The van der Waals surface area contributed by atoms with Crippen molar-refractivity contribution in [1.82, 2.24) is 0 Å². The van der Waals surface area contributed by atoms with Gasteiger partial charge in [0, 0.05) is 0 Å². The molecule has 0 aliphatic rings. The molecule has 0 saturated carbocycles. The lowest BCUT2D eigenvalue weighted by Crippen LogP contribution is -2.21. The lowest BCUT2D eigenvalue weighted by atomic mass is 10.2. The molecule has 0 atom stereocenters. The third-order valence-electron chi connectivity index (χ3n) is 2.19. The largest absolute Gasteiger partial charge is 0.493 e. The van der Waals surface area contributed by atoms with E-state index in [1.807, 2.05) is 0 Å². The highest BCUT2D eigenvalue weighted by atomic mass is 79.9. The highest BCUT2D eigenvalue weighted by molar-refractivity contribution is 9.10. The van der Waals surface area contributed by atoms with Gasteiger partial charge in [-0.2, -0.15) is 5.10 Å². The molecule has 0 aliphatic heterocycles. The van der Waals surface area contributed by atoms with E-state index in [4.69, 9.17) is 20.9 Å². The topological polar surface area (TPSA) is 122 Å². The van der Waals surface area contributed by atoms with E-state index in [0.29, 0.717) is 21.5 Å². The van der Waals surface area contributed by atoms with Crippen molar-refractivity contribution in [3.63, 3.8) is 0 Å². The first-order valence-corrected chi connectivity index (χ1v) is 6.46. The van der Waals surface area contributed by atoms with Crippen LogP contribution < -0.4 is 20.9 Å². The molecule has 0 aromatic heterocycles. The van der Waals surface area contributed by atoms with Crippen LogP contribution in [0.2, 0.25) is 0 Å². The summed E-state index contributed by atoms with van der Waals surface area (Å²) in [7, 11) is 2.75. The van der Waals surface area contributed by atoms with Gasteiger partial charge in [0.1, 0.15) is 0 Å². The van der Waals surface area contributed by atoms with Gasteiger partial charge < -0.3 is 25.7 Å². The molecule has 0 fully saturated rings. The molecular weight excluding hydrogens is 344 g/mol. The third-order valence-corrected chi connectivity index (χ3v) is 2.78. The number of methoxy groups -OCH3 is 2. The maximum Gasteiger partial charge on any atom is 0.343 e. The predicted octanol–water partition coefficient (Wildman–Crippen LogP) is 0.617. The van der Waals surface area contributed by atoms with Gasteiger partial charge >= 0.3 is 5.97 Å². The number of nitrogens with two attached hydrogens (primary N) is 2. The number of hydrogen-bond donors (Lipinski definition) is 2. The van der Waals surface area contributed by atoms with Crippen molar-refractivity contribution in [2.75, 3.05) is 20.8 Å². The van der Waals surface area contributed by atoms with Gasteiger partial charge in [0.25, 0.3) is 0 Å². The van der Waals surface area contributed by atoms with Crippen molar-refractivity contribution in [2.24, 2.45) is 21.7 Å². The van der Waals surface area contributed by atoms with Gasteiger partial charge in [0.05, 0.1) is 24.9 Å². The summed E-state index contributed by atoms with van der Waals surface area (Å²) in [5.41, 5.74) is 11.0. The summed E-state index contributed by atoms with van der Waals surface area (Å²) in [6, 6.07) is 3.37. The molecule has 1 aromatic rings. The highest BCUT2D eigenvalue weighted by Gasteiger charge is 2.13. The summed E-state index contributed by atoms with van der Waals surface area (Å²) >= 11 is 3.33. The molecule has 0 unspecified atom stereocenters. The zero-order chi connectivity index (χ0) is 15.8. The second kappa shape index (κ2) is 8.10. The number of halogens is 1. The summed E-state index contributed by atoms with van der Waals surface area (Å²) in [5.74, 6) is 0.152. The summed E-state index contributed by atoms with van der Waals surface area (Å²) in [6.07, 6.45) is 1.44. The second-order valence-corrected chi connectivity index (χ2v) is 4.52. The Hall–Kier alpha value is -2.29. The third kappa shape index (κ3) is 5.30. The average Bonchev–Trinajstić information content (AvgIpc) is 2.44. The number of ether oxygens (including phenoxy) is 3. The van der Waals surface area contributed by atoms with Crippen LogP contribution in [0.1, 0.15) is 5.56 Å². The van der Waals surface area contributed by atoms with Crippen LogP contribution in [0.3, 0.4) is 0 Å². The molecule has 9 heteroatoms. The Morgan fingerprint density at radius 1 is 1.38 bits per heavy atom.